The minimum atomic E-state index is -0.795. The van der Waals surface area contributed by atoms with Gasteiger partial charge in [0.25, 0.3) is 0 Å². The first-order valence-corrected chi connectivity index (χ1v) is 11.3. The van der Waals surface area contributed by atoms with Crippen molar-refractivity contribution in [3.63, 3.8) is 0 Å². The quantitative estimate of drug-likeness (QED) is 0.146. The van der Waals surface area contributed by atoms with Crippen LogP contribution in [0.4, 0.5) is 0 Å². The van der Waals surface area contributed by atoms with Crippen LogP contribution in [-0.2, 0) is 14.3 Å². The average Bonchev–Trinajstić information content (AvgIpc) is 2.67. The number of unbranched alkanes of at least 4 members (excludes halogenated alkanes) is 7. The SMILES string of the molecule is CCCC/C=C\C/C=C\CCCCCCCC(=O)OC(CC)CCCC(=O)O. The van der Waals surface area contributed by atoms with Gasteiger partial charge in [-0.25, -0.2) is 0 Å². The first-order valence-electron chi connectivity index (χ1n) is 11.3. The molecule has 0 aliphatic rings. The second kappa shape index (κ2) is 20.2. The van der Waals surface area contributed by atoms with Crippen molar-refractivity contribution in [2.24, 2.45) is 0 Å². The Morgan fingerprint density at radius 3 is 2.11 bits per heavy atom. The number of carbonyl (C=O) groups excluding carboxylic acids is 1. The van der Waals surface area contributed by atoms with Crippen LogP contribution in [0.2, 0.25) is 0 Å². The maximum atomic E-state index is 11.9. The van der Waals surface area contributed by atoms with Crippen molar-refractivity contribution < 1.29 is 19.4 Å². The third-order valence-electron chi connectivity index (χ3n) is 4.75. The molecule has 1 atom stereocenters. The van der Waals surface area contributed by atoms with E-state index >= 15 is 0 Å². The molecule has 0 radical (unpaired) electrons. The summed E-state index contributed by atoms with van der Waals surface area (Å²) in [6.07, 6.45) is 22.9. The normalized spacial score (nSPS) is 12.6. The Morgan fingerprint density at radius 2 is 1.46 bits per heavy atom. The Bertz CT molecular complexity index is 440. The number of carboxylic acid groups (broad SMARTS) is 1. The Hall–Kier alpha value is -1.58. The zero-order chi connectivity index (χ0) is 20.9. The van der Waals surface area contributed by atoms with Crippen LogP contribution in [0.15, 0.2) is 24.3 Å². The Labute approximate surface area is 172 Å². The molecule has 0 aromatic heterocycles. The molecule has 0 aromatic rings. The number of esters is 1. The maximum Gasteiger partial charge on any atom is 0.306 e. The van der Waals surface area contributed by atoms with E-state index in [2.05, 4.69) is 31.2 Å². The van der Waals surface area contributed by atoms with Crippen LogP contribution < -0.4 is 0 Å². The number of rotatable bonds is 19. The fraction of sp³-hybridized carbons (Fsp3) is 0.750. The van der Waals surface area contributed by atoms with Crippen LogP contribution in [0.5, 0.6) is 0 Å². The molecule has 0 spiro atoms. The largest absolute Gasteiger partial charge is 0.481 e. The first kappa shape index (κ1) is 26.4. The first-order chi connectivity index (χ1) is 13.6. The highest BCUT2D eigenvalue weighted by atomic mass is 16.5. The average molecular weight is 395 g/mol. The summed E-state index contributed by atoms with van der Waals surface area (Å²) in [5.41, 5.74) is 0. The van der Waals surface area contributed by atoms with Crippen molar-refractivity contribution in [3.05, 3.63) is 24.3 Å². The number of aliphatic carboxylic acids is 1. The summed E-state index contributed by atoms with van der Waals surface area (Å²) >= 11 is 0. The summed E-state index contributed by atoms with van der Waals surface area (Å²) in [4.78, 5) is 22.4. The topological polar surface area (TPSA) is 63.6 Å². The minimum Gasteiger partial charge on any atom is -0.481 e. The van der Waals surface area contributed by atoms with Gasteiger partial charge in [-0.2, -0.15) is 0 Å². The molecule has 4 nitrogen and oxygen atoms in total. The molecule has 162 valence electrons. The van der Waals surface area contributed by atoms with Gasteiger partial charge in [-0.15, -0.1) is 0 Å². The van der Waals surface area contributed by atoms with Gasteiger partial charge in [0.05, 0.1) is 0 Å². The zero-order valence-corrected chi connectivity index (χ0v) is 18.2. The molecule has 0 aliphatic heterocycles. The second-order valence-corrected chi connectivity index (χ2v) is 7.43. The lowest BCUT2D eigenvalue weighted by molar-refractivity contribution is -0.149. The Kier molecular flexibility index (Phi) is 19.0. The number of carboxylic acids is 1. The van der Waals surface area contributed by atoms with Crippen LogP contribution in [0.25, 0.3) is 0 Å². The highest BCUT2D eigenvalue weighted by molar-refractivity contribution is 5.69. The molecule has 0 aromatic carbocycles. The van der Waals surface area contributed by atoms with Gasteiger partial charge in [-0.05, 0) is 51.4 Å². The van der Waals surface area contributed by atoms with E-state index in [-0.39, 0.29) is 18.5 Å². The van der Waals surface area contributed by atoms with Crippen LogP contribution in [-0.4, -0.2) is 23.1 Å². The lowest BCUT2D eigenvalue weighted by atomic mass is 10.1. The van der Waals surface area contributed by atoms with Crippen molar-refractivity contribution in [1.29, 1.82) is 0 Å². The molecule has 1 unspecified atom stereocenters. The molecule has 0 amide bonds. The van der Waals surface area contributed by atoms with Crippen molar-refractivity contribution in [3.8, 4) is 0 Å². The molecule has 0 aliphatic carbocycles. The van der Waals surface area contributed by atoms with E-state index in [1.54, 1.807) is 0 Å². The number of hydrogen-bond acceptors (Lipinski definition) is 3. The van der Waals surface area contributed by atoms with E-state index in [0.717, 1.165) is 38.5 Å². The van der Waals surface area contributed by atoms with Crippen molar-refractivity contribution in [2.75, 3.05) is 0 Å². The zero-order valence-electron chi connectivity index (χ0n) is 18.2. The lowest BCUT2D eigenvalue weighted by Crippen LogP contribution is -2.17. The van der Waals surface area contributed by atoms with Gasteiger partial charge in [0.15, 0.2) is 0 Å². The van der Waals surface area contributed by atoms with Gasteiger partial charge in [-0.3, -0.25) is 9.59 Å². The summed E-state index contributed by atoms with van der Waals surface area (Å²) in [5, 5.41) is 8.66. The van der Waals surface area contributed by atoms with E-state index in [4.69, 9.17) is 9.84 Å². The van der Waals surface area contributed by atoms with Crippen molar-refractivity contribution in [1.82, 2.24) is 0 Å². The molecular formula is C24H42O4. The summed E-state index contributed by atoms with van der Waals surface area (Å²) in [7, 11) is 0. The van der Waals surface area contributed by atoms with Crippen LogP contribution >= 0.6 is 0 Å². The fourth-order valence-electron chi connectivity index (χ4n) is 2.96. The molecule has 0 heterocycles. The summed E-state index contributed by atoms with van der Waals surface area (Å²) < 4.78 is 5.45. The summed E-state index contributed by atoms with van der Waals surface area (Å²) in [6, 6.07) is 0. The van der Waals surface area contributed by atoms with E-state index in [0.29, 0.717) is 19.3 Å². The third-order valence-corrected chi connectivity index (χ3v) is 4.75. The monoisotopic (exact) mass is 394 g/mol. The van der Waals surface area contributed by atoms with Crippen LogP contribution in [0, 0.1) is 0 Å². The van der Waals surface area contributed by atoms with Crippen LogP contribution in [0.3, 0.4) is 0 Å². The minimum absolute atomic E-state index is 0.138. The van der Waals surface area contributed by atoms with Gasteiger partial charge < -0.3 is 9.84 Å². The molecule has 1 N–H and O–H groups in total. The lowest BCUT2D eigenvalue weighted by Gasteiger charge is -2.15. The van der Waals surface area contributed by atoms with Gasteiger partial charge in [0, 0.05) is 12.8 Å². The number of ether oxygens (including phenoxy) is 1. The highest BCUT2D eigenvalue weighted by Crippen LogP contribution is 2.13. The molecule has 0 saturated heterocycles. The Balaban J connectivity index is 3.52. The van der Waals surface area contributed by atoms with E-state index in [9.17, 15) is 9.59 Å². The van der Waals surface area contributed by atoms with E-state index < -0.39 is 5.97 Å². The predicted octanol–water partition coefficient (Wildman–Crippen LogP) is 6.99. The third kappa shape index (κ3) is 19.2. The van der Waals surface area contributed by atoms with Crippen molar-refractivity contribution in [2.45, 2.75) is 116 Å². The number of hydrogen-bond donors (Lipinski definition) is 1. The van der Waals surface area contributed by atoms with Gasteiger partial charge in [-0.1, -0.05) is 70.3 Å². The second-order valence-electron chi connectivity index (χ2n) is 7.43. The highest BCUT2D eigenvalue weighted by Gasteiger charge is 2.12. The molecule has 0 bridgehead atoms. The van der Waals surface area contributed by atoms with Gasteiger partial charge in [0.2, 0.25) is 0 Å². The van der Waals surface area contributed by atoms with E-state index in [1.165, 1.54) is 32.1 Å². The molecule has 4 heteroatoms. The van der Waals surface area contributed by atoms with Gasteiger partial charge >= 0.3 is 11.9 Å². The maximum absolute atomic E-state index is 11.9. The number of carbonyl (C=O) groups is 2. The Morgan fingerprint density at radius 1 is 0.821 bits per heavy atom. The molecular weight excluding hydrogens is 352 g/mol. The smallest absolute Gasteiger partial charge is 0.306 e. The summed E-state index contributed by atoms with van der Waals surface area (Å²) in [5.74, 6) is -0.937. The number of allylic oxidation sites excluding steroid dienone is 4. The molecule has 28 heavy (non-hydrogen) atoms. The molecule has 0 rings (SSSR count). The standard InChI is InChI=1S/C24H42O4/c1-3-5-6-7-8-9-10-11-12-13-14-15-16-17-21-24(27)28-22(4-2)19-18-20-23(25)26/h7-8,10-11,22H,3-6,9,12-21H2,1-2H3,(H,25,26)/b8-7-,11-10-. The predicted molar refractivity (Wildman–Crippen MR) is 116 cm³/mol. The van der Waals surface area contributed by atoms with Crippen molar-refractivity contribution >= 4 is 11.9 Å². The molecule has 0 saturated carbocycles. The summed E-state index contributed by atoms with van der Waals surface area (Å²) in [6.45, 7) is 4.19. The van der Waals surface area contributed by atoms with E-state index in [1.807, 2.05) is 6.92 Å². The fourth-order valence-corrected chi connectivity index (χ4v) is 2.96. The van der Waals surface area contributed by atoms with Crippen LogP contribution in [0.1, 0.15) is 110 Å². The van der Waals surface area contributed by atoms with Gasteiger partial charge in [0.1, 0.15) is 6.10 Å². The molecule has 0 fully saturated rings.